The maximum Gasteiger partial charge on any atom is 0.333 e. The molecule has 26 heavy (non-hydrogen) atoms. The first kappa shape index (κ1) is 19.6. The maximum absolute atomic E-state index is 11.7. The van der Waals surface area contributed by atoms with Gasteiger partial charge >= 0.3 is 5.97 Å². The number of aromatic hydroxyl groups is 2. The Labute approximate surface area is 154 Å². The predicted molar refractivity (Wildman–Crippen MR) is 93.1 cm³/mol. The van der Waals surface area contributed by atoms with Crippen molar-refractivity contribution in [2.45, 2.75) is 37.8 Å². The van der Waals surface area contributed by atoms with E-state index in [0.29, 0.717) is 35.7 Å². The molecule has 0 aliphatic heterocycles. The van der Waals surface area contributed by atoms with Crippen molar-refractivity contribution in [3.8, 4) is 11.8 Å². The Bertz CT molecular complexity index is 718. The second kappa shape index (κ2) is 9.66. The van der Waals surface area contributed by atoms with Gasteiger partial charge in [0.2, 0.25) is 22.8 Å². The Morgan fingerprint density at radius 1 is 1.15 bits per heavy atom. The Balaban J connectivity index is 1.68. The summed E-state index contributed by atoms with van der Waals surface area (Å²) >= 11 is 1.18. The first-order valence-corrected chi connectivity index (χ1v) is 8.78. The van der Waals surface area contributed by atoms with E-state index in [2.05, 4.69) is 9.97 Å². The third-order valence-corrected chi connectivity index (χ3v) is 4.35. The van der Waals surface area contributed by atoms with E-state index in [0.717, 1.165) is 0 Å². The number of aromatic nitrogens is 3. The van der Waals surface area contributed by atoms with Gasteiger partial charge in [0.1, 0.15) is 0 Å². The van der Waals surface area contributed by atoms with E-state index in [1.54, 1.807) is 22.8 Å². The van der Waals surface area contributed by atoms with Gasteiger partial charge in [-0.2, -0.15) is 0 Å². The zero-order chi connectivity index (χ0) is 18.9. The predicted octanol–water partition coefficient (Wildman–Crippen LogP) is 1.76. The van der Waals surface area contributed by atoms with E-state index in [4.69, 9.17) is 4.84 Å². The van der Waals surface area contributed by atoms with Gasteiger partial charge in [-0.1, -0.05) is 6.42 Å². The molecule has 0 atom stereocenters. The molecule has 0 saturated heterocycles. The molecule has 2 aromatic heterocycles. The Morgan fingerprint density at radius 3 is 2.42 bits per heavy atom. The van der Waals surface area contributed by atoms with Crippen molar-refractivity contribution in [3.63, 3.8) is 0 Å². The lowest BCUT2D eigenvalue weighted by Crippen LogP contribution is -2.23. The molecular weight excluding hydrogens is 360 g/mol. The highest BCUT2D eigenvalue weighted by Gasteiger charge is 2.14. The molecule has 9 nitrogen and oxygen atoms in total. The number of hydrogen-bond acceptors (Lipinski definition) is 8. The zero-order valence-corrected chi connectivity index (χ0v) is 15.1. The van der Waals surface area contributed by atoms with Crippen molar-refractivity contribution < 1.29 is 24.6 Å². The summed E-state index contributed by atoms with van der Waals surface area (Å²) in [6, 6.07) is 4.13. The van der Waals surface area contributed by atoms with E-state index >= 15 is 0 Å². The van der Waals surface area contributed by atoms with Crippen LogP contribution in [0.15, 0.2) is 35.7 Å². The topological polar surface area (TPSA) is 118 Å². The third-order valence-electron chi connectivity index (χ3n) is 3.32. The molecule has 0 aliphatic rings. The average Bonchev–Trinajstić information content (AvgIpc) is 2.93. The first-order chi connectivity index (χ1) is 12.5. The van der Waals surface area contributed by atoms with Gasteiger partial charge < -0.3 is 15.1 Å². The summed E-state index contributed by atoms with van der Waals surface area (Å²) in [6.45, 7) is 1.98. The molecule has 0 radical (unpaired) electrons. The van der Waals surface area contributed by atoms with Crippen LogP contribution in [0, 0.1) is 0 Å². The van der Waals surface area contributed by atoms with Crippen LogP contribution in [-0.4, -0.2) is 47.6 Å². The summed E-state index contributed by atoms with van der Waals surface area (Å²) < 4.78 is 2.24. The van der Waals surface area contributed by atoms with Crippen LogP contribution in [0.4, 0.5) is 0 Å². The van der Waals surface area contributed by atoms with E-state index in [-0.39, 0.29) is 24.1 Å². The molecule has 2 heterocycles. The summed E-state index contributed by atoms with van der Waals surface area (Å²) in [5, 5.41) is 19.3. The molecule has 0 aromatic carbocycles. The van der Waals surface area contributed by atoms with Gasteiger partial charge in [0.25, 0.3) is 0 Å². The highest BCUT2D eigenvalue weighted by molar-refractivity contribution is 7.97. The third kappa shape index (κ3) is 5.96. The summed E-state index contributed by atoms with van der Waals surface area (Å²) in [5.41, 5.74) is 0. The van der Waals surface area contributed by atoms with Crippen LogP contribution in [0.25, 0.3) is 0 Å². The molecule has 10 heteroatoms. The van der Waals surface area contributed by atoms with Crippen molar-refractivity contribution in [1.82, 2.24) is 19.0 Å². The van der Waals surface area contributed by atoms with Crippen LogP contribution in [0.2, 0.25) is 0 Å². The molecule has 0 unspecified atom stereocenters. The van der Waals surface area contributed by atoms with Crippen molar-refractivity contribution in [3.05, 3.63) is 30.6 Å². The SMILES string of the molecule is CC(=O)N(CCCCCC(=O)On1c(O)ccc1O)Sc1ncccn1. The molecule has 0 spiro atoms. The van der Waals surface area contributed by atoms with Crippen molar-refractivity contribution in [2.24, 2.45) is 0 Å². The fourth-order valence-corrected chi connectivity index (χ4v) is 2.80. The summed E-state index contributed by atoms with van der Waals surface area (Å²) in [5.74, 6) is -1.37. The van der Waals surface area contributed by atoms with Crippen LogP contribution >= 0.6 is 11.9 Å². The van der Waals surface area contributed by atoms with Crippen molar-refractivity contribution in [2.75, 3.05) is 6.54 Å². The monoisotopic (exact) mass is 380 g/mol. The highest BCUT2D eigenvalue weighted by atomic mass is 32.2. The minimum atomic E-state index is -0.567. The number of amides is 1. The van der Waals surface area contributed by atoms with Crippen LogP contribution in [0.5, 0.6) is 11.8 Å². The lowest BCUT2D eigenvalue weighted by molar-refractivity contribution is -0.145. The smallest absolute Gasteiger partial charge is 0.333 e. The molecule has 0 fully saturated rings. The Hall–Kier alpha value is -2.75. The van der Waals surface area contributed by atoms with Gasteiger partial charge in [0.15, 0.2) is 0 Å². The maximum atomic E-state index is 11.7. The quantitative estimate of drug-likeness (QED) is 0.384. The normalized spacial score (nSPS) is 10.5. The largest absolute Gasteiger partial charge is 0.492 e. The lowest BCUT2D eigenvalue weighted by atomic mass is 10.2. The molecule has 140 valence electrons. The summed E-state index contributed by atoms with van der Waals surface area (Å²) in [7, 11) is 0. The second-order valence-corrected chi connectivity index (χ2v) is 6.35. The van der Waals surface area contributed by atoms with Gasteiger partial charge in [-0.15, -0.1) is 4.73 Å². The zero-order valence-electron chi connectivity index (χ0n) is 14.2. The Morgan fingerprint density at radius 2 is 1.81 bits per heavy atom. The standard InChI is InChI=1S/C16H20N4O5S/c1-12(21)19(26-16-17-9-5-10-18-16)11-4-2-3-6-15(24)25-20-13(22)7-8-14(20)23/h5,7-10,22-23H,2-4,6,11H2,1H3. The Kier molecular flexibility index (Phi) is 7.27. The number of nitrogens with zero attached hydrogens (tertiary/aromatic N) is 4. The molecule has 2 rings (SSSR count). The van der Waals surface area contributed by atoms with E-state index in [9.17, 15) is 19.8 Å². The summed E-state index contributed by atoms with van der Waals surface area (Å²) in [4.78, 5) is 36.4. The number of rotatable bonds is 9. The van der Waals surface area contributed by atoms with Gasteiger partial charge in [0, 0.05) is 56.4 Å². The van der Waals surface area contributed by atoms with Crippen molar-refractivity contribution in [1.29, 1.82) is 0 Å². The van der Waals surface area contributed by atoms with E-state index < -0.39 is 5.97 Å². The van der Waals surface area contributed by atoms with Crippen molar-refractivity contribution >= 4 is 23.8 Å². The fraction of sp³-hybridized carbons (Fsp3) is 0.375. The lowest BCUT2D eigenvalue weighted by Gasteiger charge is -2.18. The molecule has 0 aliphatic carbocycles. The highest BCUT2D eigenvalue weighted by Crippen LogP contribution is 2.20. The van der Waals surface area contributed by atoms with Gasteiger partial charge in [-0.3, -0.25) is 9.10 Å². The molecule has 2 N–H and O–H groups in total. The van der Waals surface area contributed by atoms with E-state index in [1.165, 1.54) is 31.0 Å². The molecular formula is C16H20N4O5S. The second-order valence-electron chi connectivity index (χ2n) is 5.36. The molecule has 0 bridgehead atoms. The van der Waals surface area contributed by atoms with Crippen LogP contribution < -0.4 is 4.84 Å². The van der Waals surface area contributed by atoms with E-state index in [1.807, 2.05) is 0 Å². The fourth-order valence-electron chi connectivity index (χ4n) is 2.04. The first-order valence-electron chi connectivity index (χ1n) is 8.01. The van der Waals surface area contributed by atoms with Crippen LogP contribution in [0.3, 0.4) is 0 Å². The average molecular weight is 380 g/mol. The van der Waals surface area contributed by atoms with Crippen LogP contribution in [0.1, 0.15) is 32.6 Å². The minimum absolute atomic E-state index is 0.0968. The minimum Gasteiger partial charge on any atom is -0.492 e. The van der Waals surface area contributed by atoms with Crippen LogP contribution in [-0.2, 0) is 9.59 Å². The molecule has 0 saturated carbocycles. The van der Waals surface area contributed by atoms with Gasteiger partial charge in [0.05, 0.1) is 0 Å². The number of hydrogen-bond donors (Lipinski definition) is 2. The summed E-state index contributed by atoms with van der Waals surface area (Å²) in [6.07, 6.45) is 5.32. The molecule has 2 aromatic rings. The number of unbranched alkanes of at least 4 members (excludes halogenated alkanes) is 2. The van der Waals surface area contributed by atoms with Gasteiger partial charge in [-0.05, 0) is 18.9 Å². The number of carbonyl (C=O) groups excluding carboxylic acids is 2. The van der Waals surface area contributed by atoms with Gasteiger partial charge in [-0.25, -0.2) is 14.8 Å². The molecule has 1 amide bonds. The number of carbonyl (C=O) groups is 2.